The van der Waals surface area contributed by atoms with E-state index >= 15 is 0 Å². The van der Waals surface area contributed by atoms with Crippen molar-refractivity contribution in [2.75, 3.05) is 7.11 Å². The summed E-state index contributed by atoms with van der Waals surface area (Å²) in [7, 11) is 1.38. The maximum atomic E-state index is 12.8. The quantitative estimate of drug-likeness (QED) is 0.842. The van der Waals surface area contributed by atoms with Crippen LogP contribution in [-0.4, -0.2) is 25.4 Å². The highest BCUT2D eigenvalue weighted by molar-refractivity contribution is 5.84. The molecule has 0 spiro atoms. The second-order valence-electron chi connectivity index (χ2n) is 3.86. The van der Waals surface area contributed by atoms with E-state index in [2.05, 4.69) is 0 Å². The summed E-state index contributed by atoms with van der Waals surface area (Å²) in [6, 6.07) is 5.51. The first-order valence-electron chi connectivity index (χ1n) is 5.40. The van der Waals surface area contributed by atoms with Crippen LogP contribution in [0.15, 0.2) is 24.3 Å². The van der Waals surface area contributed by atoms with E-state index in [0.29, 0.717) is 11.3 Å². The lowest BCUT2D eigenvalue weighted by Crippen LogP contribution is -2.46. The Labute approximate surface area is 107 Å². The third-order valence-corrected chi connectivity index (χ3v) is 2.53. The van der Waals surface area contributed by atoms with Crippen LogP contribution >= 0.6 is 0 Å². The number of carbonyl (C=O) groups is 1. The van der Waals surface area contributed by atoms with Gasteiger partial charge in [0.2, 0.25) is 0 Å². The molecular formula is C12H13F4NO2. The molecule has 1 amide bonds. The fourth-order valence-electron chi connectivity index (χ4n) is 1.49. The highest BCUT2D eigenvalue weighted by atomic mass is 19.3. The Morgan fingerprint density at radius 2 is 1.89 bits per heavy atom. The van der Waals surface area contributed by atoms with Crippen molar-refractivity contribution < 1.29 is 27.1 Å². The molecule has 1 rings (SSSR count). The summed E-state index contributed by atoms with van der Waals surface area (Å²) in [5.41, 5.74) is 0.420. The molecule has 0 fully saturated rings. The molecular weight excluding hydrogens is 266 g/mol. The van der Waals surface area contributed by atoms with Crippen molar-refractivity contribution in [3.8, 4) is 5.75 Å². The minimum Gasteiger partial charge on any atom is -0.496 e. The maximum Gasteiger partial charge on any atom is 0.383 e. The first-order chi connectivity index (χ1) is 8.80. The molecule has 1 aromatic rings. The van der Waals surface area contributed by atoms with Crippen LogP contribution in [0.5, 0.6) is 5.75 Å². The van der Waals surface area contributed by atoms with Gasteiger partial charge in [0.25, 0.3) is 5.91 Å². The molecule has 19 heavy (non-hydrogen) atoms. The summed E-state index contributed by atoms with van der Waals surface area (Å²) in [4.78, 5) is 11.1. The van der Waals surface area contributed by atoms with Crippen LogP contribution < -0.4 is 10.1 Å². The molecule has 0 aliphatic rings. The zero-order valence-electron chi connectivity index (χ0n) is 10.3. The molecule has 7 heteroatoms. The Morgan fingerprint density at radius 3 is 2.42 bits per heavy atom. The molecule has 0 bridgehead atoms. The molecule has 1 aromatic carbocycles. The Morgan fingerprint density at radius 1 is 1.32 bits per heavy atom. The van der Waals surface area contributed by atoms with Crippen molar-refractivity contribution in [1.82, 2.24) is 5.32 Å². The Hall–Kier alpha value is -1.79. The van der Waals surface area contributed by atoms with Gasteiger partial charge in [-0.1, -0.05) is 18.2 Å². The predicted molar refractivity (Wildman–Crippen MR) is 60.5 cm³/mol. The van der Waals surface area contributed by atoms with E-state index in [1.165, 1.54) is 14.0 Å². The second-order valence-corrected chi connectivity index (χ2v) is 3.86. The molecule has 0 aliphatic heterocycles. The summed E-state index contributed by atoms with van der Waals surface area (Å²) in [5.74, 6) is -6.35. The molecule has 0 saturated carbocycles. The van der Waals surface area contributed by atoms with Gasteiger partial charge in [0, 0.05) is 5.56 Å². The number of carbonyl (C=O) groups excluding carboxylic acids is 1. The molecule has 0 heterocycles. The van der Waals surface area contributed by atoms with Gasteiger partial charge in [-0.05, 0) is 13.0 Å². The van der Waals surface area contributed by atoms with Gasteiger partial charge in [-0.15, -0.1) is 0 Å². The van der Waals surface area contributed by atoms with E-state index in [4.69, 9.17) is 4.74 Å². The fourth-order valence-corrected chi connectivity index (χ4v) is 1.49. The summed E-state index contributed by atoms with van der Waals surface area (Å²) >= 11 is 0. The summed E-state index contributed by atoms with van der Waals surface area (Å²) in [5, 5.41) is 1.84. The number of hydrogen-bond acceptors (Lipinski definition) is 2. The molecule has 0 aliphatic carbocycles. The first kappa shape index (κ1) is 15.3. The van der Waals surface area contributed by atoms with Crippen molar-refractivity contribution >= 4 is 5.91 Å². The fraction of sp³-hybridized carbons (Fsp3) is 0.417. The lowest BCUT2D eigenvalue weighted by molar-refractivity contribution is -0.170. The smallest absolute Gasteiger partial charge is 0.383 e. The number of rotatable bonds is 5. The van der Waals surface area contributed by atoms with Crippen molar-refractivity contribution in [3.63, 3.8) is 0 Å². The van der Waals surface area contributed by atoms with Gasteiger partial charge in [0.05, 0.1) is 13.2 Å². The topological polar surface area (TPSA) is 38.3 Å². The van der Waals surface area contributed by atoms with Gasteiger partial charge in [0.15, 0.2) is 0 Å². The van der Waals surface area contributed by atoms with E-state index in [0.717, 1.165) is 0 Å². The van der Waals surface area contributed by atoms with E-state index in [1.807, 2.05) is 5.32 Å². The maximum absolute atomic E-state index is 12.8. The number of para-hydroxylation sites is 1. The Balaban J connectivity index is 2.86. The minimum atomic E-state index is -4.71. The largest absolute Gasteiger partial charge is 0.496 e. The molecule has 0 radical (unpaired) electrons. The number of methoxy groups -OCH3 is 1. The molecule has 1 atom stereocenters. The zero-order chi connectivity index (χ0) is 14.6. The summed E-state index contributed by atoms with van der Waals surface area (Å²) in [6.07, 6.45) is -4.04. The van der Waals surface area contributed by atoms with E-state index < -0.39 is 24.3 Å². The predicted octanol–water partition coefficient (Wildman–Crippen LogP) is 2.77. The number of halogens is 4. The van der Waals surface area contributed by atoms with Gasteiger partial charge < -0.3 is 10.1 Å². The third-order valence-electron chi connectivity index (χ3n) is 2.53. The van der Waals surface area contributed by atoms with Gasteiger partial charge in [-0.25, -0.2) is 8.78 Å². The van der Waals surface area contributed by atoms with E-state index in [9.17, 15) is 22.4 Å². The SMILES string of the molecule is COc1ccccc1[C@@H](C)NC(=O)C(F)(F)C(F)F. The van der Waals surface area contributed by atoms with Crippen LogP contribution in [0.4, 0.5) is 17.6 Å². The lowest BCUT2D eigenvalue weighted by Gasteiger charge is -2.20. The number of nitrogens with one attached hydrogen (secondary N) is 1. The van der Waals surface area contributed by atoms with Gasteiger partial charge in [-0.3, -0.25) is 4.79 Å². The number of alkyl halides is 4. The average molecular weight is 279 g/mol. The van der Waals surface area contributed by atoms with Crippen LogP contribution in [0.25, 0.3) is 0 Å². The van der Waals surface area contributed by atoms with Crippen LogP contribution in [0, 0.1) is 0 Å². The monoisotopic (exact) mass is 279 g/mol. The van der Waals surface area contributed by atoms with E-state index in [-0.39, 0.29) is 0 Å². The van der Waals surface area contributed by atoms with Crippen LogP contribution in [0.1, 0.15) is 18.5 Å². The van der Waals surface area contributed by atoms with Crippen molar-refractivity contribution in [2.24, 2.45) is 0 Å². The number of hydrogen-bond donors (Lipinski definition) is 1. The Kier molecular flexibility index (Phi) is 4.74. The number of amides is 1. The lowest BCUT2D eigenvalue weighted by atomic mass is 10.1. The highest BCUT2D eigenvalue weighted by Gasteiger charge is 2.49. The van der Waals surface area contributed by atoms with Crippen molar-refractivity contribution in [3.05, 3.63) is 29.8 Å². The molecule has 1 N–H and O–H groups in total. The van der Waals surface area contributed by atoms with Crippen molar-refractivity contribution in [2.45, 2.75) is 25.3 Å². The van der Waals surface area contributed by atoms with Crippen LogP contribution in [0.3, 0.4) is 0 Å². The van der Waals surface area contributed by atoms with Gasteiger partial charge >= 0.3 is 12.3 Å². The zero-order valence-corrected chi connectivity index (χ0v) is 10.3. The van der Waals surface area contributed by atoms with Gasteiger partial charge in [0.1, 0.15) is 5.75 Å². The number of ether oxygens (including phenoxy) is 1. The van der Waals surface area contributed by atoms with Crippen LogP contribution in [0.2, 0.25) is 0 Å². The Bertz CT molecular complexity index is 451. The average Bonchev–Trinajstić information content (AvgIpc) is 2.38. The molecule has 0 saturated heterocycles. The van der Waals surface area contributed by atoms with E-state index in [1.54, 1.807) is 24.3 Å². The highest BCUT2D eigenvalue weighted by Crippen LogP contribution is 2.27. The summed E-state index contributed by atoms with van der Waals surface area (Å²) in [6.45, 7) is 1.40. The minimum absolute atomic E-state index is 0.371. The van der Waals surface area contributed by atoms with Crippen molar-refractivity contribution in [1.29, 1.82) is 0 Å². The van der Waals surface area contributed by atoms with Gasteiger partial charge in [-0.2, -0.15) is 8.78 Å². The standard InChI is InChI=1S/C12H13F4NO2/c1-7(8-5-3-4-6-9(8)19-2)17-11(18)12(15,16)10(13)14/h3-7,10H,1-2H3,(H,17,18)/t7-/m1/s1. The van der Waals surface area contributed by atoms with Crippen LogP contribution in [-0.2, 0) is 4.79 Å². The molecule has 106 valence electrons. The molecule has 3 nitrogen and oxygen atoms in total. The number of benzene rings is 1. The normalized spacial score (nSPS) is 13.2. The third kappa shape index (κ3) is 3.36. The summed E-state index contributed by atoms with van der Waals surface area (Å²) < 4.78 is 54.7. The second kappa shape index (κ2) is 5.90. The first-order valence-corrected chi connectivity index (χ1v) is 5.40. The molecule has 0 aromatic heterocycles. The molecule has 0 unspecified atom stereocenters.